The van der Waals surface area contributed by atoms with Crippen molar-refractivity contribution in [3.63, 3.8) is 0 Å². The summed E-state index contributed by atoms with van der Waals surface area (Å²) in [6.07, 6.45) is 5.03. The summed E-state index contributed by atoms with van der Waals surface area (Å²) in [5, 5.41) is 0. The number of esters is 1. The van der Waals surface area contributed by atoms with Gasteiger partial charge < -0.3 is 14.0 Å². The molecule has 0 radical (unpaired) electrons. The van der Waals surface area contributed by atoms with Crippen LogP contribution in [0.25, 0.3) is 0 Å². The number of ether oxygens (including phenoxy) is 1. The number of alkyl halides is 1. The number of rotatable bonds is 6. The monoisotopic (exact) mass is 340 g/mol. The zero-order valence-electron chi connectivity index (χ0n) is 15.6. The third kappa shape index (κ3) is 3.69. The molecule has 2 rings (SSSR count). The Bertz CT molecular complexity index is 487. The van der Waals surface area contributed by atoms with Gasteiger partial charge in [-0.2, -0.15) is 0 Å². The number of hydrogen-bond donors (Lipinski definition) is 0. The molecule has 0 unspecified atom stereocenters. The Balaban J connectivity index is 2.03. The van der Waals surface area contributed by atoms with Crippen LogP contribution in [0.4, 0.5) is 4.39 Å². The van der Waals surface area contributed by atoms with Gasteiger partial charge in [-0.25, -0.2) is 4.39 Å². The lowest BCUT2D eigenvalue weighted by molar-refractivity contribution is -0.157. The Hall–Kier alpha value is -0.875. The number of carbonyl (C=O) groups excluding carboxylic acids is 1. The topological polar surface area (TPSA) is 44.8 Å². The maximum absolute atomic E-state index is 13.7. The average Bonchev–Trinajstić information content (AvgIpc) is 2.75. The Labute approximate surface area is 145 Å². The minimum absolute atomic E-state index is 0.341. The molecule has 2 aliphatic rings. The van der Waals surface area contributed by atoms with Crippen molar-refractivity contribution in [2.45, 2.75) is 77.9 Å². The fourth-order valence-corrected chi connectivity index (χ4v) is 2.95. The number of halogens is 1. The molecular weight excluding hydrogens is 310 g/mol. The van der Waals surface area contributed by atoms with Crippen molar-refractivity contribution in [2.75, 3.05) is 13.3 Å². The van der Waals surface area contributed by atoms with E-state index in [1.807, 2.05) is 40.7 Å². The van der Waals surface area contributed by atoms with E-state index in [4.69, 9.17) is 14.0 Å². The highest BCUT2D eigenvalue weighted by molar-refractivity contribution is 6.54. The molecule has 0 aromatic carbocycles. The van der Waals surface area contributed by atoms with E-state index in [0.717, 1.165) is 18.3 Å². The Morgan fingerprint density at radius 3 is 2.38 bits per heavy atom. The molecule has 24 heavy (non-hydrogen) atoms. The molecule has 1 aliphatic carbocycles. The largest absolute Gasteiger partial charge is 0.490 e. The van der Waals surface area contributed by atoms with Crippen LogP contribution in [-0.2, 0) is 18.8 Å². The molecule has 1 fully saturated rings. The molecule has 0 saturated carbocycles. The summed E-state index contributed by atoms with van der Waals surface area (Å²) in [6, 6.07) is 0. The van der Waals surface area contributed by atoms with E-state index in [9.17, 15) is 9.18 Å². The van der Waals surface area contributed by atoms with E-state index in [0.29, 0.717) is 25.9 Å². The molecule has 1 saturated heterocycles. The molecule has 1 heterocycles. The lowest BCUT2D eigenvalue weighted by atomic mass is 9.66. The number of carbonyl (C=O) groups is 1. The first-order valence-electron chi connectivity index (χ1n) is 8.95. The van der Waals surface area contributed by atoms with E-state index in [1.54, 1.807) is 0 Å². The Morgan fingerprint density at radius 1 is 1.29 bits per heavy atom. The summed E-state index contributed by atoms with van der Waals surface area (Å²) >= 11 is 0. The van der Waals surface area contributed by atoms with E-state index < -0.39 is 36.4 Å². The highest BCUT2D eigenvalue weighted by atomic mass is 19.1. The van der Waals surface area contributed by atoms with Crippen molar-refractivity contribution < 1.29 is 23.2 Å². The highest BCUT2D eigenvalue weighted by Gasteiger charge is 2.53. The first-order chi connectivity index (χ1) is 11.2. The second kappa shape index (κ2) is 7.16. The zero-order chi connectivity index (χ0) is 18.0. The van der Waals surface area contributed by atoms with Gasteiger partial charge in [-0.1, -0.05) is 19.4 Å². The first-order valence-corrected chi connectivity index (χ1v) is 8.95. The lowest BCUT2D eigenvalue weighted by Crippen LogP contribution is -2.41. The normalized spacial score (nSPS) is 28.6. The van der Waals surface area contributed by atoms with E-state index in [-0.39, 0.29) is 0 Å². The molecule has 6 heteroatoms. The van der Waals surface area contributed by atoms with Crippen molar-refractivity contribution >= 4 is 13.1 Å². The maximum atomic E-state index is 13.7. The predicted octanol–water partition coefficient (Wildman–Crippen LogP) is 4.03. The van der Waals surface area contributed by atoms with Crippen molar-refractivity contribution in [1.29, 1.82) is 0 Å². The zero-order valence-corrected chi connectivity index (χ0v) is 15.6. The van der Waals surface area contributed by atoms with Gasteiger partial charge in [0.1, 0.15) is 6.67 Å². The summed E-state index contributed by atoms with van der Waals surface area (Å²) < 4.78 is 31.0. The molecule has 0 bridgehead atoms. The molecule has 0 aromatic heterocycles. The van der Waals surface area contributed by atoms with Crippen molar-refractivity contribution in [2.24, 2.45) is 5.41 Å². The summed E-state index contributed by atoms with van der Waals surface area (Å²) in [6.45, 7) is 9.73. The highest BCUT2D eigenvalue weighted by Crippen LogP contribution is 2.43. The van der Waals surface area contributed by atoms with Crippen molar-refractivity contribution in [3.05, 3.63) is 11.5 Å². The second-order valence-electron chi connectivity index (χ2n) is 7.97. The van der Waals surface area contributed by atoms with Crippen LogP contribution in [0.1, 0.15) is 66.7 Å². The third-order valence-electron chi connectivity index (χ3n) is 5.62. The van der Waals surface area contributed by atoms with Gasteiger partial charge in [0, 0.05) is 0 Å². The van der Waals surface area contributed by atoms with E-state index in [2.05, 4.69) is 0 Å². The number of hydrogen-bond acceptors (Lipinski definition) is 4. The predicted molar refractivity (Wildman–Crippen MR) is 92.3 cm³/mol. The van der Waals surface area contributed by atoms with Crippen LogP contribution in [0.5, 0.6) is 0 Å². The fourth-order valence-electron chi connectivity index (χ4n) is 2.95. The molecule has 0 N–H and O–H groups in total. The summed E-state index contributed by atoms with van der Waals surface area (Å²) in [4.78, 5) is 12.3. The lowest BCUT2D eigenvalue weighted by Gasteiger charge is -2.32. The van der Waals surface area contributed by atoms with Crippen LogP contribution in [0, 0.1) is 5.41 Å². The van der Waals surface area contributed by atoms with Crippen molar-refractivity contribution in [3.8, 4) is 0 Å². The van der Waals surface area contributed by atoms with E-state index >= 15 is 0 Å². The van der Waals surface area contributed by atoms with Crippen LogP contribution < -0.4 is 0 Å². The molecule has 1 aliphatic heterocycles. The molecule has 1 atom stereocenters. The maximum Gasteiger partial charge on any atom is 0.490 e. The molecule has 0 aromatic rings. The number of unbranched alkanes of at least 4 members (excludes halogenated alkanes) is 1. The average molecular weight is 340 g/mol. The standard InChI is InChI=1S/C18H30BFO4/c1-6-7-12-22-15(21)18(13-20)10-8-14(9-11-18)19-23-16(2,3)17(4,5)24-19/h8H,6-7,9-13H2,1-5H3/t18-/m0/s1. The minimum atomic E-state index is -1.04. The van der Waals surface area contributed by atoms with Crippen LogP contribution in [0.15, 0.2) is 11.5 Å². The molecular formula is C18H30BFO4. The first kappa shape index (κ1) is 19.4. The van der Waals surface area contributed by atoms with Gasteiger partial charge in [0.2, 0.25) is 0 Å². The van der Waals surface area contributed by atoms with Gasteiger partial charge >= 0.3 is 13.1 Å². The van der Waals surface area contributed by atoms with Gasteiger partial charge in [-0.3, -0.25) is 4.79 Å². The van der Waals surface area contributed by atoms with Crippen LogP contribution >= 0.6 is 0 Å². The number of allylic oxidation sites excluding steroid dienone is 2. The molecule has 136 valence electrons. The Kier molecular flexibility index (Phi) is 5.81. The van der Waals surface area contributed by atoms with Gasteiger partial charge in [-0.15, -0.1) is 0 Å². The molecule has 0 amide bonds. The minimum Gasteiger partial charge on any atom is -0.465 e. The second-order valence-corrected chi connectivity index (χ2v) is 7.97. The van der Waals surface area contributed by atoms with Crippen molar-refractivity contribution in [1.82, 2.24) is 0 Å². The van der Waals surface area contributed by atoms with E-state index in [1.165, 1.54) is 0 Å². The van der Waals surface area contributed by atoms with Gasteiger partial charge in [0.05, 0.1) is 23.2 Å². The van der Waals surface area contributed by atoms with Gasteiger partial charge in [0.15, 0.2) is 0 Å². The summed E-state index contributed by atoms with van der Waals surface area (Å²) in [5.41, 5.74) is -0.835. The molecule has 0 spiro atoms. The quantitative estimate of drug-likeness (QED) is 0.416. The fraction of sp³-hybridized carbons (Fsp3) is 0.833. The molecule has 4 nitrogen and oxygen atoms in total. The van der Waals surface area contributed by atoms with Crippen LogP contribution in [-0.4, -0.2) is 37.6 Å². The van der Waals surface area contributed by atoms with Crippen LogP contribution in [0.2, 0.25) is 0 Å². The SMILES string of the molecule is CCCCOC(=O)[C@@]1(CF)CC=C(B2OC(C)(C)C(C)(C)O2)CC1. The summed E-state index contributed by atoms with van der Waals surface area (Å²) in [7, 11) is -0.413. The summed E-state index contributed by atoms with van der Waals surface area (Å²) in [5.74, 6) is -0.414. The Morgan fingerprint density at radius 2 is 1.92 bits per heavy atom. The third-order valence-corrected chi connectivity index (χ3v) is 5.62. The van der Waals surface area contributed by atoms with Gasteiger partial charge in [0.25, 0.3) is 0 Å². The smallest absolute Gasteiger partial charge is 0.465 e. The van der Waals surface area contributed by atoms with Gasteiger partial charge in [-0.05, 0) is 58.9 Å². The van der Waals surface area contributed by atoms with Crippen LogP contribution in [0.3, 0.4) is 0 Å².